The minimum absolute atomic E-state index is 1.11. The van der Waals surface area contributed by atoms with Gasteiger partial charge in [-0.05, 0) is 102 Å². The van der Waals surface area contributed by atoms with E-state index in [-0.39, 0.29) is 0 Å². The third kappa shape index (κ3) is 5.32. The van der Waals surface area contributed by atoms with Crippen LogP contribution in [-0.4, -0.2) is 0 Å². The van der Waals surface area contributed by atoms with Gasteiger partial charge in [-0.3, -0.25) is 0 Å². The van der Waals surface area contributed by atoms with Crippen LogP contribution in [0.4, 0.5) is 17.1 Å². The molecule has 9 rings (SSSR count). The predicted molar refractivity (Wildman–Crippen MR) is 210 cm³/mol. The zero-order valence-electron chi connectivity index (χ0n) is 27.0. The number of anilines is 3. The number of rotatable bonds is 6. The number of hydrogen-bond acceptors (Lipinski definition) is 1. The Morgan fingerprint density at radius 2 is 0.633 bits per heavy atom. The number of nitrogens with zero attached hydrogens (tertiary/aromatic N) is 1. The zero-order valence-corrected chi connectivity index (χ0v) is 27.0. The van der Waals surface area contributed by atoms with E-state index in [0.29, 0.717) is 0 Å². The molecular formula is C48H33N. The molecule has 0 amide bonds. The van der Waals surface area contributed by atoms with E-state index in [1.807, 2.05) is 0 Å². The van der Waals surface area contributed by atoms with Crippen LogP contribution in [0.1, 0.15) is 0 Å². The summed E-state index contributed by atoms with van der Waals surface area (Å²) in [4.78, 5) is 2.34. The molecule has 1 heteroatoms. The molecule has 9 aromatic rings. The summed E-state index contributed by atoms with van der Waals surface area (Å²) >= 11 is 0. The van der Waals surface area contributed by atoms with Crippen LogP contribution in [-0.2, 0) is 0 Å². The Kier molecular flexibility index (Phi) is 7.22. The fourth-order valence-electron chi connectivity index (χ4n) is 7.21. The molecule has 0 saturated carbocycles. The van der Waals surface area contributed by atoms with E-state index in [4.69, 9.17) is 0 Å². The van der Waals surface area contributed by atoms with Crippen LogP contribution in [0.5, 0.6) is 0 Å². The molecule has 0 unspecified atom stereocenters. The second-order valence-corrected chi connectivity index (χ2v) is 12.6. The van der Waals surface area contributed by atoms with Gasteiger partial charge in [0.15, 0.2) is 0 Å². The van der Waals surface area contributed by atoms with E-state index in [9.17, 15) is 0 Å². The van der Waals surface area contributed by atoms with Crippen molar-refractivity contribution in [2.45, 2.75) is 0 Å². The van der Waals surface area contributed by atoms with Gasteiger partial charge < -0.3 is 4.90 Å². The van der Waals surface area contributed by atoms with Crippen molar-refractivity contribution in [2.75, 3.05) is 4.90 Å². The highest BCUT2D eigenvalue weighted by Gasteiger charge is 2.15. The Balaban J connectivity index is 1.12. The van der Waals surface area contributed by atoms with Gasteiger partial charge in [0.2, 0.25) is 0 Å². The minimum atomic E-state index is 1.11. The van der Waals surface area contributed by atoms with Crippen molar-refractivity contribution in [3.05, 3.63) is 200 Å². The van der Waals surface area contributed by atoms with Crippen molar-refractivity contribution < 1.29 is 0 Å². The first-order valence-corrected chi connectivity index (χ1v) is 16.8. The van der Waals surface area contributed by atoms with Gasteiger partial charge in [0, 0.05) is 17.1 Å². The summed E-state index contributed by atoms with van der Waals surface area (Å²) in [6.07, 6.45) is 0. The van der Waals surface area contributed by atoms with Crippen molar-refractivity contribution in [3.63, 3.8) is 0 Å². The fourth-order valence-corrected chi connectivity index (χ4v) is 7.21. The topological polar surface area (TPSA) is 3.24 Å². The molecule has 0 spiro atoms. The summed E-state index contributed by atoms with van der Waals surface area (Å²) < 4.78 is 0. The second kappa shape index (κ2) is 12.3. The van der Waals surface area contributed by atoms with Crippen LogP contribution in [0.25, 0.3) is 65.7 Å². The summed E-state index contributed by atoms with van der Waals surface area (Å²) in [7, 11) is 0. The van der Waals surface area contributed by atoms with E-state index in [1.165, 1.54) is 65.7 Å². The predicted octanol–water partition coefficient (Wildman–Crippen LogP) is 13.6. The van der Waals surface area contributed by atoms with Crippen LogP contribution in [0.15, 0.2) is 200 Å². The first-order valence-electron chi connectivity index (χ1n) is 16.8. The van der Waals surface area contributed by atoms with Gasteiger partial charge in [-0.2, -0.15) is 0 Å². The summed E-state index contributed by atoms with van der Waals surface area (Å²) in [6.45, 7) is 0. The van der Waals surface area contributed by atoms with E-state index in [0.717, 1.165) is 17.1 Å². The fraction of sp³-hybridized carbons (Fsp3) is 0. The van der Waals surface area contributed by atoms with Gasteiger partial charge in [0.25, 0.3) is 0 Å². The minimum Gasteiger partial charge on any atom is -0.311 e. The molecule has 0 N–H and O–H groups in total. The quantitative estimate of drug-likeness (QED) is 0.167. The van der Waals surface area contributed by atoms with Crippen LogP contribution >= 0.6 is 0 Å². The van der Waals surface area contributed by atoms with Crippen molar-refractivity contribution >= 4 is 49.4 Å². The summed E-state index contributed by atoms with van der Waals surface area (Å²) in [5.74, 6) is 0. The van der Waals surface area contributed by atoms with E-state index in [1.54, 1.807) is 0 Å². The average molecular weight is 624 g/mol. The molecule has 0 bridgehead atoms. The van der Waals surface area contributed by atoms with Gasteiger partial charge in [0.05, 0.1) is 0 Å². The molecule has 0 aliphatic rings. The lowest BCUT2D eigenvalue weighted by Crippen LogP contribution is -2.09. The Morgan fingerprint density at radius 1 is 0.224 bits per heavy atom. The van der Waals surface area contributed by atoms with E-state index >= 15 is 0 Å². The SMILES string of the molecule is c1ccc(-c2ccc(N(c3ccc(-c4ccccc4)cc3)c3ccc(-c4cccc5c4ccc4c6ccccc6ccc54)cc3)cc2)cc1. The molecular weight excluding hydrogens is 591 g/mol. The van der Waals surface area contributed by atoms with Crippen molar-refractivity contribution in [2.24, 2.45) is 0 Å². The molecule has 0 atom stereocenters. The summed E-state index contributed by atoms with van der Waals surface area (Å²) in [6, 6.07) is 72.3. The van der Waals surface area contributed by atoms with Gasteiger partial charge in [-0.25, -0.2) is 0 Å². The van der Waals surface area contributed by atoms with Crippen molar-refractivity contribution in [3.8, 4) is 33.4 Å². The molecule has 1 nitrogen and oxygen atoms in total. The molecule has 0 aliphatic heterocycles. The van der Waals surface area contributed by atoms with Crippen LogP contribution in [0.2, 0.25) is 0 Å². The Bertz CT molecular complexity index is 2470. The third-order valence-electron chi connectivity index (χ3n) is 9.69. The molecule has 0 saturated heterocycles. The average Bonchev–Trinajstić information content (AvgIpc) is 3.19. The van der Waals surface area contributed by atoms with Crippen LogP contribution in [0.3, 0.4) is 0 Å². The smallest absolute Gasteiger partial charge is 0.0462 e. The van der Waals surface area contributed by atoms with Crippen molar-refractivity contribution in [1.82, 2.24) is 0 Å². The van der Waals surface area contributed by atoms with Gasteiger partial charge >= 0.3 is 0 Å². The largest absolute Gasteiger partial charge is 0.311 e. The highest BCUT2D eigenvalue weighted by molar-refractivity contribution is 6.19. The van der Waals surface area contributed by atoms with Gasteiger partial charge in [0.1, 0.15) is 0 Å². The normalized spacial score (nSPS) is 11.3. The van der Waals surface area contributed by atoms with Gasteiger partial charge in [-0.1, -0.05) is 164 Å². The lowest BCUT2D eigenvalue weighted by molar-refractivity contribution is 1.28. The molecule has 49 heavy (non-hydrogen) atoms. The first kappa shape index (κ1) is 28.8. The molecule has 0 aliphatic carbocycles. The van der Waals surface area contributed by atoms with Gasteiger partial charge in [-0.15, -0.1) is 0 Å². The van der Waals surface area contributed by atoms with E-state index < -0.39 is 0 Å². The zero-order chi connectivity index (χ0) is 32.6. The standard InChI is InChI=1S/C48H33N/c1-3-10-34(11-4-1)36-18-25-40(26-19-36)49(41-27-20-37(21-28-41)35-12-5-2-6-13-35)42-29-22-39(23-30-42)44-16-9-17-45-46(44)32-33-47-43-15-8-7-14-38(43)24-31-48(45)47/h1-33H. The molecule has 9 aromatic carbocycles. The van der Waals surface area contributed by atoms with Crippen LogP contribution in [0, 0.1) is 0 Å². The maximum absolute atomic E-state index is 2.34. The molecule has 0 heterocycles. The van der Waals surface area contributed by atoms with Crippen molar-refractivity contribution in [1.29, 1.82) is 0 Å². The number of benzene rings is 9. The second-order valence-electron chi connectivity index (χ2n) is 12.6. The lowest BCUT2D eigenvalue weighted by Gasteiger charge is -2.26. The molecule has 230 valence electrons. The highest BCUT2D eigenvalue weighted by Crippen LogP contribution is 2.40. The highest BCUT2D eigenvalue weighted by atomic mass is 15.1. The number of hydrogen-bond donors (Lipinski definition) is 0. The van der Waals surface area contributed by atoms with Crippen LogP contribution < -0.4 is 4.90 Å². The molecule has 0 aromatic heterocycles. The summed E-state index contributed by atoms with van der Waals surface area (Å²) in [5, 5.41) is 7.70. The lowest BCUT2D eigenvalue weighted by atomic mass is 9.92. The molecule has 0 radical (unpaired) electrons. The third-order valence-corrected chi connectivity index (χ3v) is 9.69. The first-order chi connectivity index (χ1) is 24.3. The summed E-state index contributed by atoms with van der Waals surface area (Å²) in [5.41, 5.74) is 10.6. The molecule has 0 fully saturated rings. The Hall–Kier alpha value is -6.44. The number of fused-ring (bicyclic) bond motifs is 5. The maximum Gasteiger partial charge on any atom is 0.0462 e. The maximum atomic E-state index is 2.34. The monoisotopic (exact) mass is 623 g/mol. The van der Waals surface area contributed by atoms with E-state index in [2.05, 4.69) is 205 Å². The Labute approximate surface area is 287 Å². The Morgan fingerprint density at radius 3 is 1.22 bits per heavy atom.